The summed E-state index contributed by atoms with van der Waals surface area (Å²) in [4.78, 5) is 2.44. The summed E-state index contributed by atoms with van der Waals surface area (Å²) >= 11 is 3.59. The van der Waals surface area contributed by atoms with Crippen molar-refractivity contribution in [3.63, 3.8) is 0 Å². The Morgan fingerprint density at radius 3 is 2.94 bits per heavy atom. The van der Waals surface area contributed by atoms with Crippen LogP contribution in [0.25, 0.3) is 0 Å². The van der Waals surface area contributed by atoms with Gasteiger partial charge in [-0.15, -0.1) is 0 Å². The Morgan fingerprint density at radius 2 is 2.31 bits per heavy atom. The topological polar surface area (TPSA) is 15.3 Å². The van der Waals surface area contributed by atoms with Crippen LogP contribution in [0.5, 0.6) is 0 Å². The lowest BCUT2D eigenvalue weighted by Gasteiger charge is -2.23. The highest BCUT2D eigenvalue weighted by molar-refractivity contribution is 9.10. The van der Waals surface area contributed by atoms with Crippen molar-refractivity contribution in [2.24, 2.45) is 0 Å². The van der Waals surface area contributed by atoms with Crippen LogP contribution in [-0.2, 0) is 6.54 Å². The van der Waals surface area contributed by atoms with Gasteiger partial charge in [-0.25, -0.2) is 0 Å². The number of hydrogen-bond acceptors (Lipinski definition) is 2. The van der Waals surface area contributed by atoms with E-state index in [1.165, 1.54) is 22.0 Å². The zero-order valence-electron chi connectivity index (χ0n) is 9.96. The summed E-state index contributed by atoms with van der Waals surface area (Å²) in [6.07, 6.45) is 1.27. The number of nitrogens with one attached hydrogen (secondary N) is 1. The van der Waals surface area contributed by atoms with E-state index in [0.29, 0.717) is 6.04 Å². The second kappa shape index (κ2) is 5.30. The maximum Gasteiger partial charge on any atom is 0.0234 e. The van der Waals surface area contributed by atoms with Crippen molar-refractivity contribution in [3.05, 3.63) is 33.8 Å². The van der Waals surface area contributed by atoms with Crippen LogP contribution in [0, 0.1) is 6.92 Å². The molecule has 1 unspecified atom stereocenters. The quantitative estimate of drug-likeness (QED) is 0.917. The third kappa shape index (κ3) is 2.84. The van der Waals surface area contributed by atoms with E-state index in [1.807, 2.05) is 0 Å². The molecule has 2 rings (SSSR count). The fourth-order valence-corrected chi connectivity index (χ4v) is 2.59. The molecule has 1 fully saturated rings. The smallest absolute Gasteiger partial charge is 0.0234 e. The van der Waals surface area contributed by atoms with E-state index >= 15 is 0 Å². The first-order valence-corrected chi connectivity index (χ1v) is 6.62. The van der Waals surface area contributed by atoms with Gasteiger partial charge in [0.2, 0.25) is 0 Å². The lowest BCUT2D eigenvalue weighted by molar-refractivity contribution is 0.249. The van der Waals surface area contributed by atoms with Crippen LogP contribution < -0.4 is 5.32 Å². The molecule has 0 bridgehead atoms. The fraction of sp³-hybridized carbons (Fsp3) is 0.538. The number of benzene rings is 1. The zero-order chi connectivity index (χ0) is 11.5. The van der Waals surface area contributed by atoms with Crippen molar-refractivity contribution in [2.45, 2.75) is 25.9 Å². The van der Waals surface area contributed by atoms with Crippen molar-refractivity contribution in [3.8, 4) is 0 Å². The highest BCUT2D eigenvalue weighted by Crippen LogP contribution is 2.19. The van der Waals surface area contributed by atoms with Gasteiger partial charge >= 0.3 is 0 Å². The van der Waals surface area contributed by atoms with Gasteiger partial charge in [-0.05, 0) is 44.1 Å². The van der Waals surface area contributed by atoms with Gasteiger partial charge in [-0.3, -0.25) is 4.90 Å². The molecular formula is C13H19BrN2. The first kappa shape index (κ1) is 12.1. The van der Waals surface area contributed by atoms with Crippen molar-refractivity contribution in [2.75, 3.05) is 20.1 Å². The number of aryl methyl sites for hydroxylation is 1. The van der Waals surface area contributed by atoms with Crippen molar-refractivity contribution < 1.29 is 0 Å². The summed E-state index contributed by atoms with van der Waals surface area (Å²) < 4.78 is 1.21. The molecule has 1 aromatic carbocycles. The maximum atomic E-state index is 3.59. The van der Waals surface area contributed by atoms with Gasteiger partial charge in [-0.2, -0.15) is 0 Å². The van der Waals surface area contributed by atoms with Gasteiger partial charge in [-0.1, -0.05) is 28.1 Å². The molecule has 1 heterocycles. The minimum atomic E-state index is 0.695. The molecule has 2 nitrogen and oxygen atoms in total. The Balaban J connectivity index is 1.99. The SMILES string of the molecule is Cc1ccc(CN(C)C2CCNC2)cc1Br. The summed E-state index contributed by atoms with van der Waals surface area (Å²) in [5.74, 6) is 0. The number of likely N-dealkylation sites (N-methyl/N-ethyl adjacent to an activating group) is 1. The maximum absolute atomic E-state index is 3.59. The summed E-state index contributed by atoms with van der Waals surface area (Å²) in [5, 5.41) is 3.41. The molecule has 16 heavy (non-hydrogen) atoms. The van der Waals surface area contributed by atoms with Gasteiger partial charge < -0.3 is 5.32 Å². The summed E-state index contributed by atoms with van der Waals surface area (Å²) in [5.41, 5.74) is 2.68. The average molecular weight is 283 g/mol. The zero-order valence-corrected chi connectivity index (χ0v) is 11.5. The van der Waals surface area contributed by atoms with Crippen LogP contribution in [0.4, 0.5) is 0 Å². The average Bonchev–Trinajstić information content (AvgIpc) is 2.77. The summed E-state index contributed by atoms with van der Waals surface area (Å²) in [7, 11) is 2.21. The summed E-state index contributed by atoms with van der Waals surface area (Å²) in [6, 6.07) is 7.33. The lowest BCUT2D eigenvalue weighted by atomic mass is 10.1. The third-order valence-corrected chi connectivity index (χ3v) is 4.18. The second-order valence-electron chi connectivity index (χ2n) is 4.65. The molecule has 88 valence electrons. The van der Waals surface area contributed by atoms with Crippen molar-refractivity contribution in [1.82, 2.24) is 10.2 Å². The number of halogens is 1. The monoisotopic (exact) mass is 282 g/mol. The molecule has 1 atom stereocenters. The van der Waals surface area contributed by atoms with Gasteiger partial charge in [0.05, 0.1) is 0 Å². The second-order valence-corrected chi connectivity index (χ2v) is 5.50. The Bertz CT molecular complexity index is 359. The molecule has 0 amide bonds. The predicted molar refractivity (Wildman–Crippen MR) is 71.6 cm³/mol. The van der Waals surface area contributed by atoms with Crippen LogP contribution in [0.15, 0.2) is 22.7 Å². The van der Waals surface area contributed by atoms with Crippen LogP contribution in [0.2, 0.25) is 0 Å². The number of rotatable bonds is 3. The third-order valence-electron chi connectivity index (χ3n) is 3.33. The largest absolute Gasteiger partial charge is 0.315 e. The molecule has 1 N–H and O–H groups in total. The molecule has 0 spiro atoms. The van der Waals surface area contributed by atoms with Crippen molar-refractivity contribution >= 4 is 15.9 Å². The molecule has 1 aliphatic rings. The molecule has 0 radical (unpaired) electrons. The van der Waals surface area contributed by atoms with Crippen LogP contribution in [-0.4, -0.2) is 31.1 Å². The molecule has 1 saturated heterocycles. The highest BCUT2D eigenvalue weighted by atomic mass is 79.9. The van der Waals surface area contributed by atoms with Crippen LogP contribution in [0.1, 0.15) is 17.5 Å². The lowest BCUT2D eigenvalue weighted by Crippen LogP contribution is -2.32. The minimum Gasteiger partial charge on any atom is -0.315 e. The van der Waals surface area contributed by atoms with Crippen LogP contribution >= 0.6 is 15.9 Å². The van der Waals surface area contributed by atoms with E-state index < -0.39 is 0 Å². The first-order chi connectivity index (χ1) is 7.66. The van der Waals surface area contributed by atoms with Crippen molar-refractivity contribution in [1.29, 1.82) is 0 Å². The molecule has 1 aromatic rings. The first-order valence-electron chi connectivity index (χ1n) is 5.83. The fourth-order valence-electron chi connectivity index (χ4n) is 2.17. The normalized spacial score (nSPS) is 20.6. The number of hydrogen-bond donors (Lipinski definition) is 1. The Morgan fingerprint density at radius 1 is 1.50 bits per heavy atom. The molecule has 0 aromatic heterocycles. The van der Waals surface area contributed by atoms with Gasteiger partial charge in [0.25, 0.3) is 0 Å². The summed E-state index contributed by atoms with van der Waals surface area (Å²) in [6.45, 7) is 5.44. The van der Waals surface area contributed by atoms with Gasteiger partial charge in [0, 0.05) is 23.6 Å². The molecular weight excluding hydrogens is 264 g/mol. The highest BCUT2D eigenvalue weighted by Gasteiger charge is 2.18. The van der Waals surface area contributed by atoms with E-state index in [4.69, 9.17) is 0 Å². The Kier molecular flexibility index (Phi) is 4.00. The van der Waals surface area contributed by atoms with E-state index in [9.17, 15) is 0 Å². The van der Waals surface area contributed by atoms with E-state index in [2.05, 4.69) is 58.3 Å². The standard InChI is InChI=1S/C13H19BrN2/c1-10-3-4-11(7-13(10)14)9-16(2)12-5-6-15-8-12/h3-4,7,12,15H,5-6,8-9H2,1-2H3. The van der Waals surface area contributed by atoms with E-state index in [-0.39, 0.29) is 0 Å². The predicted octanol–water partition coefficient (Wildman–Crippen LogP) is 2.55. The van der Waals surface area contributed by atoms with Gasteiger partial charge in [0.1, 0.15) is 0 Å². The molecule has 0 aliphatic carbocycles. The van der Waals surface area contributed by atoms with Gasteiger partial charge in [0.15, 0.2) is 0 Å². The number of nitrogens with zero attached hydrogens (tertiary/aromatic N) is 1. The molecule has 0 saturated carbocycles. The van der Waals surface area contributed by atoms with Crippen LogP contribution in [0.3, 0.4) is 0 Å². The Labute approximate surface area is 106 Å². The van der Waals surface area contributed by atoms with E-state index in [1.54, 1.807) is 0 Å². The molecule has 1 aliphatic heterocycles. The molecule has 3 heteroatoms. The Hall–Kier alpha value is -0.380. The minimum absolute atomic E-state index is 0.695. The van der Waals surface area contributed by atoms with E-state index in [0.717, 1.165) is 19.6 Å².